The fraction of sp³-hybridized carbons (Fsp3) is 0.400. The summed E-state index contributed by atoms with van der Waals surface area (Å²) in [5.41, 5.74) is 1.49. The molecule has 1 aliphatic heterocycles. The van der Waals surface area contributed by atoms with Crippen LogP contribution in [0, 0.1) is 5.92 Å². The predicted octanol–water partition coefficient (Wildman–Crippen LogP) is 2.29. The fourth-order valence-corrected chi connectivity index (χ4v) is 3.27. The third-order valence-corrected chi connectivity index (χ3v) is 4.46. The van der Waals surface area contributed by atoms with Crippen LogP contribution in [0.15, 0.2) is 24.3 Å². The average Bonchev–Trinajstić information content (AvgIpc) is 3.04. The zero-order chi connectivity index (χ0) is 14.3. The molecule has 1 aromatic carbocycles. The Morgan fingerprint density at radius 1 is 1.45 bits per heavy atom. The van der Waals surface area contributed by atoms with Gasteiger partial charge in [-0.3, -0.25) is 4.79 Å². The van der Waals surface area contributed by atoms with Gasteiger partial charge in [0.2, 0.25) is 0 Å². The molecule has 3 rings (SSSR count). The molecule has 106 valence electrons. The minimum absolute atomic E-state index is 0.0513. The Bertz CT molecular complexity index is 626. The van der Waals surface area contributed by atoms with Crippen molar-refractivity contribution in [1.82, 2.24) is 9.47 Å². The van der Waals surface area contributed by atoms with Gasteiger partial charge in [0.05, 0.1) is 5.02 Å². The van der Waals surface area contributed by atoms with E-state index in [-0.39, 0.29) is 18.4 Å². The van der Waals surface area contributed by atoms with Gasteiger partial charge in [-0.05, 0) is 12.5 Å². The van der Waals surface area contributed by atoms with Crippen molar-refractivity contribution >= 4 is 28.4 Å². The minimum atomic E-state index is -0.0513. The second kappa shape index (κ2) is 5.11. The zero-order valence-electron chi connectivity index (χ0n) is 11.3. The van der Waals surface area contributed by atoms with Gasteiger partial charge < -0.3 is 14.6 Å². The van der Waals surface area contributed by atoms with Crippen LogP contribution in [-0.2, 0) is 7.05 Å². The Labute approximate surface area is 122 Å². The standard InChI is InChI=1S/C15H17ClN2O2/c1-17-12-5-3-2-4-11(12)13(16)14(17)15(20)18-7-6-10(8-18)9-19/h2-5,10,19H,6-9H2,1H3. The molecule has 0 aliphatic carbocycles. The van der Waals surface area contributed by atoms with Crippen LogP contribution in [0.1, 0.15) is 16.9 Å². The SMILES string of the molecule is Cn1c(C(=O)N2CCC(CO)C2)c(Cl)c2ccccc21. The van der Waals surface area contributed by atoms with E-state index in [0.717, 1.165) is 17.3 Å². The fourth-order valence-electron chi connectivity index (χ4n) is 2.90. The summed E-state index contributed by atoms with van der Waals surface area (Å²) >= 11 is 6.39. The molecule has 1 fully saturated rings. The van der Waals surface area contributed by atoms with Crippen molar-refractivity contribution in [3.63, 3.8) is 0 Å². The van der Waals surface area contributed by atoms with Gasteiger partial charge in [0.15, 0.2) is 0 Å². The van der Waals surface area contributed by atoms with Gasteiger partial charge >= 0.3 is 0 Å². The van der Waals surface area contributed by atoms with E-state index in [2.05, 4.69) is 0 Å². The molecular formula is C15H17ClN2O2. The lowest BCUT2D eigenvalue weighted by molar-refractivity contribution is 0.0773. The first-order valence-electron chi connectivity index (χ1n) is 6.76. The predicted molar refractivity (Wildman–Crippen MR) is 79.0 cm³/mol. The number of nitrogens with zero attached hydrogens (tertiary/aromatic N) is 2. The number of aryl methyl sites for hydroxylation is 1. The number of aromatic nitrogens is 1. The summed E-state index contributed by atoms with van der Waals surface area (Å²) in [6.45, 7) is 1.42. The van der Waals surface area contributed by atoms with Crippen molar-refractivity contribution in [2.45, 2.75) is 6.42 Å². The van der Waals surface area contributed by atoms with Crippen LogP contribution in [0.4, 0.5) is 0 Å². The van der Waals surface area contributed by atoms with E-state index in [0.29, 0.717) is 23.8 Å². The van der Waals surface area contributed by atoms with Crippen LogP contribution in [-0.4, -0.2) is 40.2 Å². The molecule has 1 N–H and O–H groups in total. The van der Waals surface area contributed by atoms with Crippen molar-refractivity contribution in [2.75, 3.05) is 19.7 Å². The van der Waals surface area contributed by atoms with Crippen LogP contribution in [0.3, 0.4) is 0 Å². The summed E-state index contributed by atoms with van der Waals surface area (Å²) in [7, 11) is 1.86. The Balaban J connectivity index is 2.00. The first-order valence-corrected chi connectivity index (χ1v) is 7.14. The monoisotopic (exact) mass is 292 g/mol. The first kappa shape index (κ1) is 13.5. The molecule has 1 unspecified atom stereocenters. The number of fused-ring (bicyclic) bond motifs is 1. The number of amides is 1. The van der Waals surface area contributed by atoms with Gasteiger partial charge in [0.1, 0.15) is 5.69 Å². The van der Waals surface area contributed by atoms with E-state index in [1.807, 2.05) is 35.9 Å². The van der Waals surface area contributed by atoms with Crippen LogP contribution < -0.4 is 0 Å². The second-order valence-corrected chi connectivity index (χ2v) is 5.71. The van der Waals surface area contributed by atoms with Gasteiger partial charge in [-0.1, -0.05) is 29.8 Å². The number of carbonyl (C=O) groups excluding carboxylic acids is 1. The highest BCUT2D eigenvalue weighted by atomic mass is 35.5. The molecule has 0 radical (unpaired) electrons. The van der Waals surface area contributed by atoms with E-state index in [9.17, 15) is 9.90 Å². The maximum atomic E-state index is 12.7. The number of rotatable bonds is 2. The molecule has 1 aliphatic rings. The van der Waals surface area contributed by atoms with Crippen LogP contribution in [0.2, 0.25) is 5.02 Å². The number of aliphatic hydroxyl groups excluding tert-OH is 1. The zero-order valence-corrected chi connectivity index (χ0v) is 12.1. The molecule has 1 saturated heterocycles. The van der Waals surface area contributed by atoms with Crippen molar-refractivity contribution in [3.8, 4) is 0 Å². The lowest BCUT2D eigenvalue weighted by Gasteiger charge is -2.17. The summed E-state index contributed by atoms with van der Waals surface area (Å²) in [6, 6.07) is 7.73. The Kier molecular flexibility index (Phi) is 3.44. The number of aliphatic hydroxyl groups is 1. The third kappa shape index (κ3) is 2.00. The van der Waals surface area contributed by atoms with Gasteiger partial charge in [-0.2, -0.15) is 0 Å². The van der Waals surface area contributed by atoms with Crippen molar-refractivity contribution in [3.05, 3.63) is 35.0 Å². The number of likely N-dealkylation sites (tertiary alicyclic amines) is 1. The lowest BCUT2D eigenvalue weighted by Crippen LogP contribution is -2.30. The van der Waals surface area contributed by atoms with Gasteiger partial charge in [0, 0.05) is 43.6 Å². The maximum Gasteiger partial charge on any atom is 0.272 e. The molecule has 5 heteroatoms. The summed E-state index contributed by atoms with van der Waals surface area (Å²) < 4.78 is 1.85. The summed E-state index contributed by atoms with van der Waals surface area (Å²) in [6.07, 6.45) is 0.851. The van der Waals surface area contributed by atoms with Gasteiger partial charge in [-0.25, -0.2) is 0 Å². The third-order valence-electron chi connectivity index (χ3n) is 4.08. The molecule has 1 atom stereocenters. The van der Waals surface area contributed by atoms with Crippen LogP contribution in [0.5, 0.6) is 0 Å². The van der Waals surface area contributed by atoms with Crippen LogP contribution >= 0.6 is 11.6 Å². The van der Waals surface area contributed by atoms with Crippen molar-refractivity contribution in [2.24, 2.45) is 13.0 Å². The molecule has 0 spiro atoms. The normalized spacial score (nSPS) is 18.9. The Morgan fingerprint density at radius 2 is 2.20 bits per heavy atom. The van der Waals surface area contributed by atoms with E-state index in [1.165, 1.54) is 0 Å². The van der Waals surface area contributed by atoms with Crippen molar-refractivity contribution in [1.29, 1.82) is 0 Å². The molecule has 2 aromatic rings. The average molecular weight is 293 g/mol. The number of para-hydroxylation sites is 1. The summed E-state index contributed by atoms with van der Waals surface area (Å²) in [5, 5.41) is 10.6. The molecule has 1 amide bonds. The number of hydrogen-bond acceptors (Lipinski definition) is 2. The van der Waals surface area contributed by atoms with E-state index >= 15 is 0 Å². The highest BCUT2D eigenvalue weighted by Crippen LogP contribution is 2.31. The Hall–Kier alpha value is -1.52. The van der Waals surface area contributed by atoms with Gasteiger partial charge in [-0.15, -0.1) is 0 Å². The summed E-state index contributed by atoms with van der Waals surface area (Å²) in [4.78, 5) is 14.4. The highest BCUT2D eigenvalue weighted by molar-refractivity contribution is 6.38. The smallest absolute Gasteiger partial charge is 0.272 e. The molecule has 4 nitrogen and oxygen atoms in total. The topological polar surface area (TPSA) is 45.5 Å². The van der Waals surface area contributed by atoms with E-state index < -0.39 is 0 Å². The molecule has 0 bridgehead atoms. The van der Waals surface area contributed by atoms with Gasteiger partial charge in [0.25, 0.3) is 5.91 Å². The first-order chi connectivity index (χ1) is 9.63. The minimum Gasteiger partial charge on any atom is -0.396 e. The number of benzene rings is 1. The quantitative estimate of drug-likeness (QED) is 0.923. The lowest BCUT2D eigenvalue weighted by atomic mass is 10.1. The molecule has 20 heavy (non-hydrogen) atoms. The number of halogens is 1. The molecule has 2 heterocycles. The van der Waals surface area contributed by atoms with E-state index in [1.54, 1.807) is 4.90 Å². The highest BCUT2D eigenvalue weighted by Gasteiger charge is 2.30. The molecular weight excluding hydrogens is 276 g/mol. The maximum absolute atomic E-state index is 12.7. The molecule has 0 saturated carbocycles. The largest absolute Gasteiger partial charge is 0.396 e. The van der Waals surface area contributed by atoms with Crippen molar-refractivity contribution < 1.29 is 9.90 Å². The Morgan fingerprint density at radius 3 is 2.85 bits per heavy atom. The number of carbonyl (C=O) groups is 1. The second-order valence-electron chi connectivity index (χ2n) is 5.33. The number of hydrogen-bond donors (Lipinski definition) is 1. The summed E-state index contributed by atoms with van der Waals surface area (Å²) in [5.74, 6) is 0.136. The van der Waals surface area contributed by atoms with E-state index in [4.69, 9.17) is 11.6 Å². The van der Waals surface area contributed by atoms with Crippen LogP contribution in [0.25, 0.3) is 10.9 Å². The molecule has 1 aromatic heterocycles.